The lowest BCUT2D eigenvalue weighted by molar-refractivity contribution is 0.00951. The van der Waals surface area contributed by atoms with Crippen LogP contribution in [0.1, 0.15) is 30.0 Å². The van der Waals surface area contributed by atoms with Crippen LogP contribution in [0.25, 0.3) is 0 Å². The molecule has 5 heteroatoms. The van der Waals surface area contributed by atoms with Gasteiger partial charge >= 0.3 is 0 Å². The highest BCUT2D eigenvalue weighted by Gasteiger charge is 2.43. The van der Waals surface area contributed by atoms with Gasteiger partial charge in [0.25, 0.3) is 0 Å². The smallest absolute Gasteiger partial charge is 0.130 e. The summed E-state index contributed by atoms with van der Waals surface area (Å²) >= 11 is 0. The Morgan fingerprint density at radius 3 is 2.62 bits per heavy atom. The van der Waals surface area contributed by atoms with Crippen molar-refractivity contribution >= 4 is 0 Å². The number of hydrogen-bond donors (Lipinski definition) is 1. The molecule has 2 unspecified atom stereocenters. The maximum atomic E-state index is 14.5. The molecule has 0 saturated carbocycles. The number of fused-ring (bicyclic) bond motifs is 3. The largest absolute Gasteiger partial charge is 0.496 e. The highest BCUT2D eigenvalue weighted by molar-refractivity contribution is 5.33. The molecule has 0 aromatic heterocycles. The van der Waals surface area contributed by atoms with Gasteiger partial charge in [0.15, 0.2) is 0 Å². The van der Waals surface area contributed by atoms with E-state index < -0.39 is 11.6 Å². The maximum Gasteiger partial charge on any atom is 0.130 e. The lowest BCUT2D eigenvalue weighted by Crippen LogP contribution is -2.57. The molecule has 3 aliphatic heterocycles. The first-order valence-corrected chi connectivity index (χ1v) is 9.21. The van der Waals surface area contributed by atoms with E-state index in [0.29, 0.717) is 18.0 Å². The SMILES string of the molecule is COc1ccccc1CNC1C2CCN(CC2)C1c1ccc(F)cc1F. The van der Waals surface area contributed by atoms with Crippen LogP contribution in [0, 0.1) is 17.6 Å². The third-order valence-corrected chi connectivity index (χ3v) is 5.82. The minimum atomic E-state index is -0.527. The minimum absolute atomic E-state index is 0.0576. The van der Waals surface area contributed by atoms with Crippen LogP contribution < -0.4 is 10.1 Å². The van der Waals surface area contributed by atoms with Gasteiger partial charge in [0.2, 0.25) is 0 Å². The molecule has 0 amide bonds. The number of piperidine rings is 3. The summed E-state index contributed by atoms with van der Waals surface area (Å²) < 4.78 is 33.3. The first-order chi connectivity index (χ1) is 12.7. The number of benzene rings is 2. The van der Waals surface area contributed by atoms with Gasteiger partial charge in [0, 0.05) is 29.8 Å². The van der Waals surface area contributed by atoms with Gasteiger partial charge in [-0.1, -0.05) is 24.3 Å². The molecule has 5 rings (SSSR count). The predicted molar refractivity (Wildman–Crippen MR) is 97.0 cm³/mol. The van der Waals surface area contributed by atoms with Crippen molar-refractivity contribution in [2.24, 2.45) is 5.92 Å². The van der Waals surface area contributed by atoms with E-state index in [1.54, 1.807) is 13.2 Å². The molecule has 2 atom stereocenters. The van der Waals surface area contributed by atoms with E-state index in [-0.39, 0.29) is 12.1 Å². The standard InChI is InChI=1S/C21H24F2N2O/c1-26-19-5-3-2-4-15(19)13-24-20-14-8-10-25(11-9-14)21(20)17-7-6-16(22)12-18(17)23/h2-7,12,14,20-21,24H,8-11,13H2,1H3. The lowest BCUT2D eigenvalue weighted by atomic mass is 9.76. The minimum Gasteiger partial charge on any atom is -0.496 e. The van der Waals surface area contributed by atoms with Crippen molar-refractivity contribution in [2.45, 2.75) is 31.5 Å². The molecule has 1 N–H and O–H groups in total. The summed E-state index contributed by atoms with van der Waals surface area (Å²) in [7, 11) is 1.67. The summed E-state index contributed by atoms with van der Waals surface area (Å²) in [5, 5.41) is 3.65. The second kappa shape index (κ2) is 7.33. The molecular formula is C21H24F2N2O. The monoisotopic (exact) mass is 358 g/mol. The van der Waals surface area contributed by atoms with Gasteiger partial charge < -0.3 is 10.1 Å². The first-order valence-electron chi connectivity index (χ1n) is 9.21. The van der Waals surface area contributed by atoms with Gasteiger partial charge in [-0.25, -0.2) is 8.78 Å². The summed E-state index contributed by atoms with van der Waals surface area (Å²) in [5.41, 5.74) is 1.68. The van der Waals surface area contributed by atoms with Crippen LogP contribution in [0.4, 0.5) is 8.78 Å². The van der Waals surface area contributed by atoms with Crippen LogP contribution in [-0.2, 0) is 6.54 Å². The Bertz CT molecular complexity index is 774. The van der Waals surface area contributed by atoms with Gasteiger partial charge in [0.1, 0.15) is 17.4 Å². The van der Waals surface area contributed by atoms with Crippen molar-refractivity contribution < 1.29 is 13.5 Å². The van der Waals surface area contributed by atoms with Gasteiger partial charge in [-0.15, -0.1) is 0 Å². The van der Waals surface area contributed by atoms with E-state index in [9.17, 15) is 8.78 Å². The zero-order chi connectivity index (χ0) is 18.1. The summed E-state index contributed by atoms with van der Waals surface area (Å²) in [6.45, 7) is 2.61. The first kappa shape index (κ1) is 17.4. The van der Waals surface area contributed by atoms with Crippen LogP contribution in [0.5, 0.6) is 5.75 Å². The number of rotatable bonds is 5. The fraction of sp³-hybridized carbons (Fsp3) is 0.429. The van der Waals surface area contributed by atoms with Crippen LogP contribution in [0.15, 0.2) is 42.5 Å². The van der Waals surface area contributed by atoms with Crippen LogP contribution >= 0.6 is 0 Å². The molecule has 3 saturated heterocycles. The number of methoxy groups -OCH3 is 1. The van der Waals surface area contributed by atoms with Crippen LogP contribution in [0.2, 0.25) is 0 Å². The van der Waals surface area contributed by atoms with Crippen molar-refractivity contribution in [1.82, 2.24) is 10.2 Å². The summed E-state index contributed by atoms with van der Waals surface area (Å²) in [5.74, 6) is 0.377. The van der Waals surface area contributed by atoms with E-state index in [1.165, 1.54) is 6.07 Å². The van der Waals surface area contributed by atoms with E-state index >= 15 is 0 Å². The number of para-hydroxylation sites is 1. The third-order valence-electron chi connectivity index (χ3n) is 5.82. The fourth-order valence-corrected chi connectivity index (χ4v) is 4.53. The van der Waals surface area contributed by atoms with Gasteiger partial charge in [0.05, 0.1) is 13.2 Å². The molecular weight excluding hydrogens is 334 g/mol. The van der Waals surface area contributed by atoms with Crippen molar-refractivity contribution in [1.29, 1.82) is 0 Å². The molecule has 3 nitrogen and oxygen atoms in total. The summed E-state index contributed by atoms with van der Waals surface area (Å²) in [4.78, 5) is 2.33. The summed E-state index contributed by atoms with van der Waals surface area (Å²) in [6.07, 6.45) is 2.23. The van der Waals surface area contributed by atoms with Gasteiger partial charge in [-0.3, -0.25) is 4.90 Å². The predicted octanol–water partition coefficient (Wildman–Crippen LogP) is 3.90. The molecule has 3 heterocycles. The molecule has 2 aromatic carbocycles. The Hall–Kier alpha value is -1.98. The Morgan fingerprint density at radius 1 is 1.12 bits per heavy atom. The number of hydrogen-bond acceptors (Lipinski definition) is 3. The third kappa shape index (κ3) is 3.21. The number of ether oxygens (including phenoxy) is 1. The molecule has 2 bridgehead atoms. The average Bonchev–Trinajstić information content (AvgIpc) is 2.67. The van der Waals surface area contributed by atoms with Crippen molar-refractivity contribution in [3.63, 3.8) is 0 Å². The number of halogens is 2. The van der Waals surface area contributed by atoms with Crippen LogP contribution in [-0.4, -0.2) is 31.1 Å². The lowest BCUT2D eigenvalue weighted by Gasteiger charge is -2.51. The Morgan fingerprint density at radius 2 is 1.88 bits per heavy atom. The second-order valence-electron chi connectivity index (χ2n) is 7.20. The van der Waals surface area contributed by atoms with E-state index in [1.807, 2.05) is 24.3 Å². The maximum absolute atomic E-state index is 14.5. The highest BCUT2D eigenvalue weighted by atomic mass is 19.1. The highest BCUT2D eigenvalue weighted by Crippen LogP contribution is 2.42. The van der Waals surface area contributed by atoms with Crippen molar-refractivity contribution in [3.05, 3.63) is 65.2 Å². The average molecular weight is 358 g/mol. The Labute approximate surface area is 153 Å². The quantitative estimate of drug-likeness (QED) is 0.877. The van der Waals surface area contributed by atoms with E-state index in [4.69, 9.17) is 4.74 Å². The number of nitrogens with zero attached hydrogens (tertiary/aromatic N) is 1. The Kier molecular flexibility index (Phi) is 4.92. The zero-order valence-corrected chi connectivity index (χ0v) is 14.9. The Balaban J connectivity index is 1.60. The number of nitrogens with one attached hydrogen (secondary N) is 1. The van der Waals surface area contributed by atoms with Gasteiger partial charge in [-0.05, 0) is 44.0 Å². The molecule has 0 spiro atoms. The molecule has 138 valence electrons. The van der Waals surface area contributed by atoms with E-state index in [0.717, 1.165) is 43.3 Å². The molecule has 2 aromatic rings. The second-order valence-corrected chi connectivity index (χ2v) is 7.20. The zero-order valence-electron chi connectivity index (χ0n) is 14.9. The molecule has 3 fully saturated rings. The van der Waals surface area contributed by atoms with Crippen molar-refractivity contribution in [3.8, 4) is 5.75 Å². The molecule has 0 aliphatic carbocycles. The van der Waals surface area contributed by atoms with Crippen LogP contribution in [0.3, 0.4) is 0 Å². The fourth-order valence-electron chi connectivity index (χ4n) is 4.53. The molecule has 0 radical (unpaired) electrons. The molecule has 26 heavy (non-hydrogen) atoms. The molecule has 3 aliphatic rings. The van der Waals surface area contributed by atoms with Crippen molar-refractivity contribution in [2.75, 3.05) is 20.2 Å². The van der Waals surface area contributed by atoms with E-state index in [2.05, 4.69) is 10.2 Å². The normalized spacial score (nSPS) is 27.5. The van der Waals surface area contributed by atoms with Gasteiger partial charge in [-0.2, -0.15) is 0 Å². The summed E-state index contributed by atoms with van der Waals surface area (Å²) in [6, 6.07) is 12.0. The topological polar surface area (TPSA) is 24.5 Å².